The molecule has 7 heteroatoms. The summed E-state index contributed by atoms with van der Waals surface area (Å²) in [5.41, 5.74) is 3.75. The molecule has 0 fully saturated rings. The first-order chi connectivity index (χ1) is 12.2. The number of hydrogen-bond donors (Lipinski definition) is 0. The summed E-state index contributed by atoms with van der Waals surface area (Å²) in [6, 6.07) is 11.7. The Morgan fingerprint density at radius 2 is 1.76 bits per heavy atom. The van der Waals surface area contributed by atoms with E-state index in [-0.39, 0.29) is 6.54 Å². The number of rotatable bonds is 3. The van der Waals surface area contributed by atoms with Crippen LogP contribution >= 0.6 is 15.9 Å². The maximum Gasteiger partial charge on any atom is 0.163 e. The van der Waals surface area contributed by atoms with Gasteiger partial charge < -0.3 is 14.0 Å². The number of methoxy groups -OCH3 is 2. The third-order valence-corrected chi connectivity index (χ3v) is 4.63. The Hall–Kier alpha value is -2.85. The second-order valence-corrected chi connectivity index (χ2v) is 6.41. The smallest absolute Gasteiger partial charge is 0.163 e. The summed E-state index contributed by atoms with van der Waals surface area (Å²) in [4.78, 5) is 9.53. The van der Waals surface area contributed by atoms with Gasteiger partial charge in [0.15, 0.2) is 17.1 Å². The van der Waals surface area contributed by atoms with Crippen molar-refractivity contribution in [3.63, 3.8) is 0 Å². The monoisotopic (exact) mass is 396 g/mol. The van der Waals surface area contributed by atoms with Gasteiger partial charge in [-0.1, -0.05) is 15.9 Å². The van der Waals surface area contributed by atoms with Crippen molar-refractivity contribution in [3.8, 4) is 17.6 Å². The van der Waals surface area contributed by atoms with Gasteiger partial charge >= 0.3 is 0 Å². The minimum atomic E-state index is 0.203. The molecular weight excluding hydrogens is 384 g/mol. The molecule has 0 N–H and O–H groups in total. The summed E-state index contributed by atoms with van der Waals surface area (Å²) in [7, 11) is 3.17. The van der Waals surface area contributed by atoms with E-state index in [1.54, 1.807) is 20.3 Å². The van der Waals surface area contributed by atoms with Gasteiger partial charge in [-0.05, 0) is 18.2 Å². The van der Waals surface area contributed by atoms with Crippen LogP contribution in [0.4, 0.5) is 0 Å². The van der Waals surface area contributed by atoms with Gasteiger partial charge in [0.1, 0.15) is 12.1 Å². The first-order valence-electron chi connectivity index (χ1n) is 7.54. The Kier molecular flexibility index (Phi) is 3.70. The molecule has 4 rings (SSSR count). The molecule has 0 unspecified atom stereocenters. The lowest BCUT2D eigenvalue weighted by Crippen LogP contribution is -1.98. The van der Waals surface area contributed by atoms with Crippen LogP contribution in [0.2, 0.25) is 0 Å². The molecule has 0 aliphatic rings. The lowest BCUT2D eigenvalue weighted by Gasteiger charge is -2.08. The zero-order chi connectivity index (χ0) is 17.6. The highest BCUT2D eigenvalue weighted by molar-refractivity contribution is 9.10. The van der Waals surface area contributed by atoms with Gasteiger partial charge in [-0.15, -0.1) is 0 Å². The second-order valence-electron chi connectivity index (χ2n) is 5.50. The normalized spacial score (nSPS) is 11.1. The number of nitriles is 1. The van der Waals surface area contributed by atoms with Gasteiger partial charge in [-0.2, -0.15) is 5.26 Å². The van der Waals surface area contributed by atoms with Crippen LogP contribution in [0.1, 0.15) is 0 Å². The molecule has 0 saturated carbocycles. The number of hydrogen-bond acceptors (Lipinski definition) is 5. The van der Waals surface area contributed by atoms with E-state index in [0.717, 1.165) is 20.9 Å². The van der Waals surface area contributed by atoms with Gasteiger partial charge in [0, 0.05) is 22.0 Å². The number of benzene rings is 2. The van der Waals surface area contributed by atoms with Crippen molar-refractivity contribution >= 4 is 49.0 Å². The minimum Gasteiger partial charge on any atom is -0.493 e. The predicted molar refractivity (Wildman–Crippen MR) is 99.0 cm³/mol. The first-order valence-corrected chi connectivity index (χ1v) is 8.33. The molecule has 2 aromatic carbocycles. The average Bonchev–Trinajstić information content (AvgIpc) is 2.91. The van der Waals surface area contributed by atoms with E-state index < -0.39 is 0 Å². The van der Waals surface area contributed by atoms with Gasteiger partial charge in [0.25, 0.3) is 0 Å². The van der Waals surface area contributed by atoms with Crippen LogP contribution in [0.15, 0.2) is 34.8 Å². The molecular formula is C18H13BrN4O2. The lowest BCUT2D eigenvalue weighted by molar-refractivity contribution is 0.355. The van der Waals surface area contributed by atoms with E-state index in [1.807, 2.05) is 28.8 Å². The number of ether oxygens (including phenoxy) is 2. The molecule has 0 saturated heterocycles. The maximum atomic E-state index is 9.21. The van der Waals surface area contributed by atoms with Crippen LogP contribution in [0.3, 0.4) is 0 Å². The largest absolute Gasteiger partial charge is 0.493 e. The summed E-state index contributed by atoms with van der Waals surface area (Å²) in [6.45, 7) is 0.203. The summed E-state index contributed by atoms with van der Waals surface area (Å²) < 4.78 is 13.5. The standard InChI is InChI=1S/C18H13BrN4O2/c1-24-15-8-12-13(9-16(15)25-2)22-18-17(21-12)11-7-10(19)3-4-14(11)23(18)6-5-20/h3-4,7-9H,6H2,1-2H3. The highest BCUT2D eigenvalue weighted by Gasteiger charge is 2.16. The Bertz CT molecular complexity index is 1180. The van der Waals surface area contributed by atoms with Crippen LogP contribution in [0, 0.1) is 11.3 Å². The average molecular weight is 397 g/mol. The van der Waals surface area contributed by atoms with E-state index in [0.29, 0.717) is 28.2 Å². The molecule has 2 heterocycles. The summed E-state index contributed by atoms with van der Waals surface area (Å²) in [6.07, 6.45) is 0. The fourth-order valence-electron chi connectivity index (χ4n) is 3.02. The Labute approximate surface area is 151 Å². The van der Waals surface area contributed by atoms with Crippen molar-refractivity contribution in [3.05, 3.63) is 34.8 Å². The first kappa shape index (κ1) is 15.7. The molecule has 0 bridgehead atoms. The molecule has 0 radical (unpaired) electrons. The molecule has 0 aliphatic heterocycles. The number of fused-ring (bicyclic) bond motifs is 4. The SMILES string of the molecule is COc1cc2nc3c4cc(Br)ccc4n(CC#N)c3nc2cc1OC. The summed E-state index contributed by atoms with van der Waals surface area (Å²) >= 11 is 3.50. The minimum absolute atomic E-state index is 0.203. The number of aromatic nitrogens is 3. The van der Waals surface area contributed by atoms with Crippen molar-refractivity contribution in [2.45, 2.75) is 6.54 Å². The highest BCUT2D eigenvalue weighted by atomic mass is 79.9. The van der Waals surface area contributed by atoms with Crippen LogP contribution in [-0.4, -0.2) is 28.8 Å². The Morgan fingerprint density at radius 3 is 2.40 bits per heavy atom. The van der Waals surface area contributed by atoms with Crippen molar-refractivity contribution in [2.75, 3.05) is 14.2 Å². The van der Waals surface area contributed by atoms with Crippen LogP contribution in [-0.2, 0) is 6.54 Å². The Morgan fingerprint density at radius 1 is 1.08 bits per heavy atom. The third kappa shape index (κ3) is 2.37. The molecule has 0 aliphatic carbocycles. The summed E-state index contributed by atoms with van der Waals surface area (Å²) in [5.74, 6) is 1.19. The fourth-order valence-corrected chi connectivity index (χ4v) is 3.38. The van der Waals surface area contributed by atoms with Gasteiger partial charge in [-0.25, -0.2) is 9.97 Å². The zero-order valence-electron chi connectivity index (χ0n) is 13.6. The van der Waals surface area contributed by atoms with E-state index in [1.165, 1.54) is 0 Å². The van der Waals surface area contributed by atoms with Gasteiger partial charge in [0.05, 0.1) is 36.8 Å². The lowest BCUT2D eigenvalue weighted by atomic mass is 10.2. The molecule has 0 amide bonds. The van der Waals surface area contributed by atoms with E-state index in [4.69, 9.17) is 19.4 Å². The maximum absolute atomic E-state index is 9.21. The predicted octanol–water partition coefficient (Wildman–Crippen LogP) is 4.04. The van der Waals surface area contributed by atoms with E-state index in [2.05, 4.69) is 22.0 Å². The van der Waals surface area contributed by atoms with E-state index >= 15 is 0 Å². The molecule has 25 heavy (non-hydrogen) atoms. The van der Waals surface area contributed by atoms with Crippen LogP contribution in [0.25, 0.3) is 33.1 Å². The quantitative estimate of drug-likeness (QED) is 0.522. The number of halogens is 1. The molecule has 0 atom stereocenters. The molecule has 6 nitrogen and oxygen atoms in total. The van der Waals surface area contributed by atoms with Crippen molar-refractivity contribution in [1.29, 1.82) is 5.26 Å². The zero-order valence-corrected chi connectivity index (χ0v) is 15.2. The fraction of sp³-hybridized carbons (Fsp3) is 0.167. The van der Waals surface area contributed by atoms with Gasteiger partial charge in [0.2, 0.25) is 0 Å². The van der Waals surface area contributed by atoms with E-state index in [9.17, 15) is 5.26 Å². The summed E-state index contributed by atoms with van der Waals surface area (Å²) in [5, 5.41) is 10.2. The van der Waals surface area contributed by atoms with Crippen LogP contribution < -0.4 is 9.47 Å². The second kappa shape index (κ2) is 5.90. The molecule has 2 aromatic heterocycles. The van der Waals surface area contributed by atoms with Crippen molar-refractivity contribution in [1.82, 2.24) is 14.5 Å². The topological polar surface area (TPSA) is 73.0 Å². The van der Waals surface area contributed by atoms with Crippen molar-refractivity contribution in [2.24, 2.45) is 0 Å². The Balaban J connectivity index is 2.16. The molecule has 0 spiro atoms. The molecule has 4 aromatic rings. The molecule has 124 valence electrons. The third-order valence-electron chi connectivity index (χ3n) is 4.14. The highest BCUT2D eigenvalue weighted by Crippen LogP contribution is 2.34. The number of nitrogens with zero attached hydrogens (tertiary/aromatic N) is 4. The van der Waals surface area contributed by atoms with Crippen molar-refractivity contribution < 1.29 is 9.47 Å². The van der Waals surface area contributed by atoms with Gasteiger partial charge in [-0.3, -0.25) is 0 Å². The van der Waals surface area contributed by atoms with Crippen LogP contribution in [0.5, 0.6) is 11.5 Å².